The molecular weight excluding hydrogens is 420 g/mol. The second-order valence-corrected chi connectivity index (χ2v) is 6.65. The van der Waals surface area contributed by atoms with E-state index in [4.69, 9.17) is 26.2 Å². The normalized spacial score (nSPS) is 16.2. The molecule has 10 heteroatoms. The Bertz CT molecular complexity index is 974. The van der Waals surface area contributed by atoms with Crippen molar-refractivity contribution >= 4 is 23.4 Å². The molecule has 1 unspecified atom stereocenters. The second-order valence-electron chi connectivity index (χ2n) is 6.24. The number of ether oxygens (including phenoxy) is 2. The summed E-state index contributed by atoms with van der Waals surface area (Å²) in [5.74, 6) is -2.76. The van der Waals surface area contributed by atoms with Crippen LogP contribution in [0.1, 0.15) is 40.4 Å². The molecule has 1 N–H and O–H groups in total. The zero-order valence-electron chi connectivity index (χ0n) is 14.6. The van der Waals surface area contributed by atoms with Crippen molar-refractivity contribution in [2.75, 3.05) is 6.61 Å². The molecular formula is C19H13ClF4O5. The third-order valence-electron chi connectivity index (χ3n) is 4.20. The van der Waals surface area contributed by atoms with E-state index >= 15 is 0 Å². The van der Waals surface area contributed by atoms with Gasteiger partial charge in [0.1, 0.15) is 23.4 Å². The molecule has 1 aliphatic heterocycles. The van der Waals surface area contributed by atoms with Crippen molar-refractivity contribution in [1.29, 1.82) is 0 Å². The first-order valence-corrected chi connectivity index (χ1v) is 8.68. The molecule has 1 aliphatic rings. The number of hydrogen-bond acceptors (Lipinski definition) is 4. The van der Waals surface area contributed by atoms with Crippen molar-refractivity contribution in [3.8, 4) is 11.5 Å². The van der Waals surface area contributed by atoms with E-state index < -0.39 is 41.8 Å². The molecule has 0 aliphatic carbocycles. The summed E-state index contributed by atoms with van der Waals surface area (Å²) >= 11 is 5.95. The fourth-order valence-electron chi connectivity index (χ4n) is 2.87. The first-order chi connectivity index (χ1) is 13.6. The quantitative estimate of drug-likeness (QED) is 0.669. The maximum absolute atomic E-state index is 13.5. The van der Waals surface area contributed by atoms with Gasteiger partial charge in [-0.1, -0.05) is 17.7 Å². The summed E-state index contributed by atoms with van der Waals surface area (Å²) in [5.41, 5.74) is -0.955. The molecule has 0 saturated carbocycles. The molecule has 0 spiro atoms. The lowest BCUT2D eigenvalue weighted by molar-refractivity contribution is -0.139. The fourth-order valence-corrected chi connectivity index (χ4v) is 3.12. The zero-order chi connectivity index (χ0) is 21.3. The lowest BCUT2D eigenvalue weighted by Crippen LogP contribution is -2.22. The minimum atomic E-state index is -4.65. The monoisotopic (exact) mass is 432 g/mol. The highest BCUT2D eigenvalue weighted by molar-refractivity contribution is 6.32. The lowest BCUT2D eigenvalue weighted by Gasteiger charge is -2.28. The number of benzene rings is 2. The fraction of sp³-hybridized carbons (Fsp3) is 0.263. The van der Waals surface area contributed by atoms with Crippen LogP contribution in [0, 0.1) is 5.82 Å². The Labute approximate surface area is 166 Å². The van der Waals surface area contributed by atoms with E-state index in [1.807, 2.05) is 0 Å². The molecule has 0 bridgehead atoms. The van der Waals surface area contributed by atoms with Crippen LogP contribution in [-0.2, 0) is 11.0 Å². The third kappa shape index (κ3) is 4.61. The van der Waals surface area contributed by atoms with Crippen molar-refractivity contribution in [1.82, 2.24) is 0 Å². The number of aliphatic carboxylic acids is 1. The van der Waals surface area contributed by atoms with Crippen LogP contribution in [0.25, 0.3) is 0 Å². The van der Waals surface area contributed by atoms with Crippen molar-refractivity contribution in [2.24, 2.45) is 0 Å². The first kappa shape index (κ1) is 20.9. The minimum absolute atomic E-state index is 0.0634. The third-order valence-corrected chi connectivity index (χ3v) is 4.48. The highest BCUT2D eigenvalue weighted by Gasteiger charge is 2.35. The number of carbonyl (C=O) groups is 2. The summed E-state index contributed by atoms with van der Waals surface area (Å²) in [6.07, 6.45) is -6.41. The van der Waals surface area contributed by atoms with Gasteiger partial charge in [0.25, 0.3) is 0 Å². The first-order valence-electron chi connectivity index (χ1n) is 8.31. The van der Waals surface area contributed by atoms with Crippen LogP contribution < -0.4 is 9.47 Å². The predicted octanol–water partition coefficient (Wildman–Crippen LogP) is 5.06. The molecule has 0 fully saturated rings. The summed E-state index contributed by atoms with van der Waals surface area (Å²) in [6.45, 7) is -0.382. The summed E-state index contributed by atoms with van der Waals surface area (Å²) in [5, 5.41) is 8.56. The van der Waals surface area contributed by atoms with Gasteiger partial charge in [-0.25, -0.2) is 4.39 Å². The SMILES string of the molecule is O=C(O)CCOc1cc(C(F)(F)F)ccc1C1CC(=O)c2cc(F)cc(Cl)c2O1. The van der Waals surface area contributed by atoms with Crippen LogP contribution in [0.5, 0.6) is 11.5 Å². The number of fused-ring (bicyclic) bond motifs is 1. The molecule has 0 amide bonds. The number of rotatable bonds is 5. The average Bonchev–Trinajstić information content (AvgIpc) is 2.61. The van der Waals surface area contributed by atoms with Gasteiger partial charge in [0, 0.05) is 5.56 Å². The summed E-state index contributed by atoms with van der Waals surface area (Å²) in [6, 6.07) is 4.53. The molecule has 0 saturated heterocycles. The number of Topliss-reactive ketones (excluding diaryl/α,β-unsaturated/α-hetero) is 1. The van der Waals surface area contributed by atoms with Crippen molar-refractivity contribution in [3.05, 3.63) is 57.9 Å². The Hall–Kier alpha value is -2.81. The topological polar surface area (TPSA) is 72.8 Å². The van der Waals surface area contributed by atoms with Crippen LogP contribution in [0.4, 0.5) is 17.6 Å². The number of carboxylic acids is 1. The van der Waals surface area contributed by atoms with Crippen molar-refractivity contribution < 1.29 is 41.7 Å². The average molecular weight is 433 g/mol. The largest absolute Gasteiger partial charge is 0.493 e. The van der Waals surface area contributed by atoms with Gasteiger partial charge < -0.3 is 14.6 Å². The number of carbonyl (C=O) groups excluding carboxylic acids is 1. The number of hydrogen-bond donors (Lipinski definition) is 1. The Morgan fingerprint density at radius 2 is 2.00 bits per heavy atom. The zero-order valence-corrected chi connectivity index (χ0v) is 15.3. The van der Waals surface area contributed by atoms with Gasteiger partial charge in [-0.3, -0.25) is 9.59 Å². The predicted molar refractivity (Wildman–Crippen MR) is 92.9 cm³/mol. The molecule has 0 radical (unpaired) electrons. The van der Waals surface area contributed by atoms with Crippen LogP contribution >= 0.6 is 11.6 Å². The number of carboxylic acid groups (broad SMARTS) is 1. The van der Waals surface area contributed by atoms with E-state index in [1.165, 1.54) is 0 Å². The Morgan fingerprint density at radius 1 is 1.28 bits per heavy atom. The van der Waals surface area contributed by atoms with E-state index in [2.05, 4.69) is 0 Å². The second kappa shape index (κ2) is 7.90. The molecule has 29 heavy (non-hydrogen) atoms. The highest BCUT2D eigenvalue weighted by atomic mass is 35.5. The Morgan fingerprint density at radius 3 is 2.66 bits per heavy atom. The van der Waals surface area contributed by atoms with Crippen LogP contribution in [0.3, 0.4) is 0 Å². The maximum Gasteiger partial charge on any atom is 0.416 e. The van der Waals surface area contributed by atoms with Gasteiger partial charge in [-0.15, -0.1) is 0 Å². The van der Waals surface area contributed by atoms with Gasteiger partial charge in [-0.2, -0.15) is 13.2 Å². The van der Waals surface area contributed by atoms with Gasteiger partial charge >= 0.3 is 12.1 Å². The molecule has 1 heterocycles. The highest BCUT2D eigenvalue weighted by Crippen LogP contribution is 2.43. The van der Waals surface area contributed by atoms with E-state index in [0.29, 0.717) is 6.07 Å². The molecule has 154 valence electrons. The van der Waals surface area contributed by atoms with Gasteiger partial charge in [0.15, 0.2) is 5.78 Å². The van der Waals surface area contributed by atoms with Gasteiger partial charge in [0.2, 0.25) is 0 Å². The Kier molecular flexibility index (Phi) is 5.70. The van der Waals surface area contributed by atoms with Crippen LogP contribution in [0.2, 0.25) is 5.02 Å². The Balaban J connectivity index is 1.98. The molecule has 3 rings (SSSR count). The van der Waals surface area contributed by atoms with E-state index in [-0.39, 0.29) is 40.7 Å². The molecule has 1 atom stereocenters. The van der Waals surface area contributed by atoms with Crippen LogP contribution in [-0.4, -0.2) is 23.5 Å². The number of halogens is 5. The summed E-state index contributed by atoms with van der Waals surface area (Å²) in [4.78, 5) is 23.1. The smallest absolute Gasteiger partial charge is 0.416 e. The van der Waals surface area contributed by atoms with E-state index in [1.54, 1.807) is 0 Å². The number of alkyl halides is 3. The van der Waals surface area contributed by atoms with Crippen molar-refractivity contribution in [3.63, 3.8) is 0 Å². The molecule has 2 aromatic carbocycles. The molecule has 0 aromatic heterocycles. The van der Waals surface area contributed by atoms with Crippen LogP contribution in [0.15, 0.2) is 30.3 Å². The maximum atomic E-state index is 13.5. The molecule has 5 nitrogen and oxygen atoms in total. The minimum Gasteiger partial charge on any atom is -0.493 e. The number of ketones is 1. The van der Waals surface area contributed by atoms with E-state index in [9.17, 15) is 27.2 Å². The lowest BCUT2D eigenvalue weighted by atomic mass is 9.95. The van der Waals surface area contributed by atoms with Gasteiger partial charge in [0.05, 0.1) is 35.6 Å². The molecule has 2 aromatic rings. The van der Waals surface area contributed by atoms with Crippen molar-refractivity contribution in [2.45, 2.75) is 25.1 Å². The van der Waals surface area contributed by atoms with E-state index in [0.717, 1.165) is 24.3 Å². The standard InChI is InChI=1S/C19H13ClF4O5/c20-13-7-10(21)6-12-14(25)8-16(29-18(12)13)11-2-1-9(19(22,23)24)5-15(11)28-4-3-17(26)27/h1-2,5-7,16H,3-4,8H2,(H,26,27). The summed E-state index contributed by atoms with van der Waals surface area (Å²) < 4.78 is 63.6. The van der Waals surface area contributed by atoms with Gasteiger partial charge in [-0.05, 0) is 24.3 Å². The summed E-state index contributed by atoms with van der Waals surface area (Å²) in [7, 11) is 0.